The van der Waals surface area contributed by atoms with E-state index in [4.69, 9.17) is 18.9 Å². The minimum atomic E-state index is -1.53. The molecule has 0 spiro atoms. The molecular formula is C80H126NO8+. The summed E-state index contributed by atoms with van der Waals surface area (Å²) in [6.07, 6.45) is 102. The molecule has 498 valence electrons. The van der Waals surface area contributed by atoms with Crippen molar-refractivity contribution >= 4 is 17.9 Å². The number of carbonyl (C=O) groups excluding carboxylic acids is 2. The van der Waals surface area contributed by atoms with Gasteiger partial charge < -0.3 is 28.5 Å². The van der Waals surface area contributed by atoms with Crippen LogP contribution in [0.5, 0.6) is 0 Å². The van der Waals surface area contributed by atoms with Gasteiger partial charge in [0.15, 0.2) is 6.10 Å². The second-order valence-electron chi connectivity index (χ2n) is 23.4. The number of nitrogens with zero attached hydrogens (tertiary/aromatic N) is 1. The van der Waals surface area contributed by atoms with Gasteiger partial charge in [0, 0.05) is 12.8 Å². The average molecular weight is 1230 g/mol. The Morgan fingerprint density at radius 2 is 0.607 bits per heavy atom. The number of likely N-dealkylation sites (N-methyl/N-ethyl adjacent to an activating group) is 1. The highest BCUT2D eigenvalue weighted by Crippen LogP contribution is 2.14. The van der Waals surface area contributed by atoms with Gasteiger partial charge in [-0.15, -0.1) is 0 Å². The Morgan fingerprint density at radius 1 is 0.337 bits per heavy atom. The lowest BCUT2D eigenvalue weighted by molar-refractivity contribution is -0.870. The number of carbonyl (C=O) groups is 3. The molecule has 0 aromatic rings. The Bertz CT molecular complexity index is 2160. The lowest BCUT2D eigenvalue weighted by Crippen LogP contribution is -2.40. The zero-order valence-electron chi connectivity index (χ0n) is 56.8. The van der Waals surface area contributed by atoms with Gasteiger partial charge in [-0.1, -0.05) is 272 Å². The quantitative estimate of drug-likeness (QED) is 0.0211. The predicted octanol–water partition coefficient (Wildman–Crippen LogP) is 21.8. The van der Waals surface area contributed by atoms with Crippen molar-refractivity contribution in [2.24, 2.45) is 0 Å². The van der Waals surface area contributed by atoms with Crippen LogP contribution < -0.4 is 0 Å². The fraction of sp³-hybridized carbons (Fsp3) is 0.562. The van der Waals surface area contributed by atoms with Crippen molar-refractivity contribution in [3.63, 3.8) is 0 Å². The minimum absolute atomic E-state index is 0.171. The van der Waals surface area contributed by atoms with Crippen molar-refractivity contribution in [3.8, 4) is 0 Å². The van der Waals surface area contributed by atoms with Crippen molar-refractivity contribution in [2.45, 2.75) is 245 Å². The highest BCUT2D eigenvalue weighted by molar-refractivity contribution is 5.71. The van der Waals surface area contributed by atoms with E-state index in [1.165, 1.54) is 32.1 Å². The number of aliphatic carboxylic acids is 1. The number of carboxylic acid groups (broad SMARTS) is 1. The smallest absolute Gasteiger partial charge is 0.361 e. The molecule has 0 saturated carbocycles. The normalized spacial score (nSPS) is 13.9. The second-order valence-corrected chi connectivity index (χ2v) is 23.4. The van der Waals surface area contributed by atoms with Crippen LogP contribution in [-0.4, -0.2) is 87.4 Å². The zero-order chi connectivity index (χ0) is 64.7. The molecule has 9 heteroatoms. The van der Waals surface area contributed by atoms with Crippen LogP contribution in [0.2, 0.25) is 0 Å². The van der Waals surface area contributed by atoms with E-state index in [2.05, 4.69) is 208 Å². The summed E-state index contributed by atoms with van der Waals surface area (Å²) < 4.78 is 22.9. The van der Waals surface area contributed by atoms with E-state index in [0.29, 0.717) is 17.4 Å². The van der Waals surface area contributed by atoms with Crippen molar-refractivity contribution in [2.75, 3.05) is 47.5 Å². The number of hydrogen-bond donors (Lipinski definition) is 1. The molecule has 0 amide bonds. The summed E-state index contributed by atoms with van der Waals surface area (Å²) in [7, 11) is 5.95. The van der Waals surface area contributed by atoms with E-state index in [1.54, 1.807) is 0 Å². The Labute approximate surface area is 544 Å². The first kappa shape index (κ1) is 83.1. The van der Waals surface area contributed by atoms with Gasteiger partial charge >= 0.3 is 17.9 Å². The Kier molecular flexibility index (Phi) is 63.6. The Hall–Kier alpha value is -5.87. The van der Waals surface area contributed by atoms with Crippen molar-refractivity contribution in [1.82, 2.24) is 0 Å². The Balaban J connectivity index is 4.28. The number of quaternary nitrogens is 1. The third kappa shape index (κ3) is 69.5. The van der Waals surface area contributed by atoms with Crippen LogP contribution in [0, 0.1) is 0 Å². The summed E-state index contributed by atoms with van der Waals surface area (Å²) in [6.45, 7) is 4.59. The number of allylic oxidation sites excluding steroid dienone is 32. The van der Waals surface area contributed by atoms with Gasteiger partial charge in [0.05, 0.1) is 34.4 Å². The van der Waals surface area contributed by atoms with E-state index in [-0.39, 0.29) is 38.6 Å². The van der Waals surface area contributed by atoms with Crippen molar-refractivity contribution in [1.29, 1.82) is 0 Å². The van der Waals surface area contributed by atoms with Gasteiger partial charge in [-0.2, -0.15) is 0 Å². The van der Waals surface area contributed by atoms with Gasteiger partial charge in [0.2, 0.25) is 0 Å². The SMILES string of the molecule is CC/C=C\C/C=C\C/C=C\C/C=C\C/C=C\C/C=C\C/C=C\C/C=C\C/C=C\CCCCCCCC(=O)OC(COC(=O)CCCCCCCCCCC/C=C\C/C=C\C/C=C\C/C=C\C/C=C\C/C=C\C/C=C\CC)COC(OCC[N+](C)(C)C)C(=O)O. The summed E-state index contributed by atoms with van der Waals surface area (Å²) in [5.41, 5.74) is 0. The van der Waals surface area contributed by atoms with Gasteiger partial charge in [-0.25, -0.2) is 4.79 Å². The van der Waals surface area contributed by atoms with Crippen LogP contribution in [0.25, 0.3) is 0 Å². The number of carboxylic acids is 1. The lowest BCUT2D eigenvalue weighted by atomic mass is 10.1. The fourth-order valence-electron chi connectivity index (χ4n) is 8.63. The van der Waals surface area contributed by atoms with E-state index in [0.717, 1.165) is 167 Å². The number of rotatable bonds is 61. The predicted molar refractivity (Wildman–Crippen MR) is 382 cm³/mol. The molecule has 0 saturated heterocycles. The number of ether oxygens (including phenoxy) is 4. The molecule has 0 radical (unpaired) electrons. The molecule has 0 bridgehead atoms. The molecule has 0 aliphatic heterocycles. The highest BCUT2D eigenvalue weighted by Gasteiger charge is 2.25. The zero-order valence-corrected chi connectivity index (χ0v) is 56.8. The molecule has 1 N–H and O–H groups in total. The van der Waals surface area contributed by atoms with E-state index < -0.39 is 24.3 Å². The molecule has 0 rings (SSSR count). The summed E-state index contributed by atoms with van der Waals surface area (Å²) in [5.74, 6) is -2.06. The molecule has 0 aliphatic rings. The topological polar surface area (TPSA) is 108 Å². The van der Waals surface area contributed by atoms with Crippen molar-refractivity contribution < 1.29 is 42.9 Å². The number of esters is 2. The average Bonchev–Trinajstić information content (AvgIpc) is 3.64. The van der Waals surface area contributed by atoms with Crippen LogP contribution in [0.1, 0.15) is 232 Å². The van der Waals surface area contributed by atoms with Crippen LogP contribution in [0.3, 0.4) is 0 Å². The molecular weight excluding hydrogens is 1100 g/mol. The maximum Gasteiger partial charge on any atom is 0.361 e. The monoisotopic (exact) mass is 1230 g/mol. The molecule has 0 fully saturated rings. The molecule has 2 atom stereocenters. The maximum atomic E-state index is 12.9. The molecule has 9 nitrogen and oxygen atoms in total. The molecule has 2 unspecified atom stereocenters. The van der Waals surface area contributed by atoms with Gasteiger partial charge in [0.1, 0.15) is 13.2 Å². The van der Waals surface area contributed by atoms with Crippen LogP contribution in [0.4, 0.5) is 0 Å². The number of hydrogen-bond acceptors (Lipinski definition) is 7. The summed E-state index contributed by atoms with van der Waals surface area (Å²) in [4.78, 5) is 37.6. The second kappa shape index (κ2) is 68.0. The van der Waals surface area contributed by atoms with E-state index in [1.807, 2.05) is 21.1 Å². The highest BCUT2D eigenvalue weighted by atomic mass is 16.7. The lowest BCUT2D eigenvalue weighted by Gasteiger charge is -2.25. The van der Waals surface area contributed by atoms with Crippen molar-refractivity contribution in [3.05, 3.63) is 194 Å². The van der Waals surface area contributed by atoms with Crippen LogP contribution in [0.15, 0.2) is 194 Å². The Morgan fingerprint density at radius 3 is 0.899 bits per heavy atom. The van der Waals surface area contributed by atoms with Gasteiger partial charge in [-0.05, 0) is 141 Å². The summed E-state index contributed by atoms with van der Waals surface area (Å²) in [5, 5.41) is 9.75. The van der Waals surface area contributed by atoms with Crippen LogP contribution in [-0.2, 0) is 33.3 Å². The van der Waals surface area contributed by atoms with Gasteiger partial charge in [-0.3, -0.25) is 9.59 Å². The third-order valence-electron chi connectivity index (χ3n) is 13.8. The molecule has 0 aromatic heterocycles. The number of unbranched alkanes of at least 4 members (excludes halogenated alkanes) is 14. The van der Waals surface area contributed by atoms with Gasteiger partial charge in [0.25, 0.3) is 6.29 Å². The first-order valence-corrected chi connectivity index (χ1v) is 34.6. The standard InChI is InChI=1S/C80H125NO8/c1-6-8-10-12-14-16-18-20-22-24-26-28-30-32-34-36-38-39-41-43-45-47-49-51-53-55-57-59-61-63-65-67-69-71-78(83)89-76(75-88-80(79(84)85)86-73-72-81(3,4)5)74-87-77(82)70-68-66-64-62-60-58-56-54-52-50-48-46-44-42-40-37-35-33-31-29-27-25-23-21-19-17-15-13-11-9-7-2/h8-11,14-17,20-23,26-29,32-35,38-40,42-43,45-46,48-49,51,55,57,76,80H,6-7,12-13,18-19,24-25,30-31,36-37,41,44,47,50,52-54,56,58-75H2,1-5H3/p+1/b10-8-,11-9-,16-14-,17-15-,22-20-,23-21-,28-26-,29-27-,34-32-,35-33-,39-38-,42-40-,45-43-,48-46-,51-49-,57-55-. The maximum absolute atomic E-state index is 12.9. The third-order valence-corrected chi connectivity index (χ3v) is 13.8. The molecule has 89 heavy (non-hydrogen) atoms. The first-order chi connectivity index (χ1) is 43.6. The largest absolute Gasteiger partial charge is 0.477 e. The summed E-state index contributed by atoms with van der Waals surface area (Å²) in [6, 6.07) is 0. The van der Waals surface area contributed by atoms with E-state index >= 15 is 0 Å². The molecule has 0 aromatic carbocycles. The van der Waals surface area contributed by atoms with Crippen LogP contribution >= 0.6 is 0 Å². The molecule has 0 heterocycles. The fourth-order valence-corrected chi connectivity index (χ4v) is 8.63. The minimum Gasteiger partial charge on any atom is -0.477 e. The molecule has 0 aliphatic carbocycles. The van der Waals surface area contributed by atoms with E-state index in [9.17, 15) is 19.5 Å². The first-order valence-electron chi connectivity index (χ1n) is 34.6. The summed E-state index contributed by atoms with van der Waals surface area (Å²) >= 11 is 0.